The topological polar surface area (TPSA) is 137 Å². The summed E-state index contributed by atoms with van der Waals surface area (Å²) in [4.78, 5) is 17.0. The first-order chi connectivity index (χ1) is 18.9. The van der Waals surface area contributed by atoms with Crippen molar-refractivity contribution in [1.29, 1.82) is 5.26 Å². The minimum Gasteiger partial charge on any atom is -0.366 e. The summed E-state index contributed by atoms with van der Waals surface area (Å²) in [5.74, 6) is -0.0153. The van der Waals surface area contributed by atoms with Crippen molar-refractivity contribution in [2.75, 3.05) is 18.0 Å². The maximum absolute atomic E-state index is 13.5. The molecule has 2 saturated heterocycles. The van der Waals surface area contributed by atoms with Gasteiger partial charge in [0.2, 0.25) is 15.9 Å². The molecular weight excluding hydrogens is 562 g/mol. The molecule has 2 atom stereocenters. The van der Waals surface area contributed by atoms with Crippen LogP contribution in [0.25, 0.3) is 21.6 Å². The summed E-state index contributed by atoms with van der Waals surface area (Å²) in [6.45, 7) is 4.80. The minimum atomic E-state index is -4.12. The van der Waals surface area contributed by atoms with E-state index in [9.17, 15) is 27.3 Å². The van der Waals surface area contributed by atoms with Gasteiger partial charge in [-0.2, -0.15) is 15.1 Å². The fourth-order valence-corrected chi connectivity index (χ4v) is 7.90. The molecule has 11 nitrogen and oxygen atoms in total. The molecule has 15 heteroatoms. The molecule has 1 aromatic carbocycles. The van der Waals surface area contributed by atoms with Crippen LogP contribution >= 0.6 is 11.3 Å². The van der Waals surface area contributed by atoms with Crippen molar-refractivity contribution in [2.24, 2.45) is 13.0 Å². The van der Waals surface area contributed by atoms with Gasteiger partial charge in [0.15, 0.2) is 10.0 Å². The zero-order valence-electron chi connectivity index (χ0n) is 22.1. The number of amides is 1. The lowest BCUT2D eigenvalue weighted by molar-refractivity contribution is -0.137. The van der Waals surface area contributed by atoms with Crippen LogP contribution in [-0.4, -0.2) is 69.9 Å². The molecule has 1 aliphatic carbocycles. The molecule has 2 unspecified atom stereocenters. The fourth-order valence-electron chi connectivity index (χ4n) is 5.78. The molecule has 40 heavy (non-hydrogen) atoms. The molecule has 6 rings (SSSR count). The zero-order valence-corrected chi connectivity index (χ0v) is 23.8. The first-order valence-electron chi connectivity index (χ1n) is 13.1. The monoisotopic (exact) mass is 590 g/mol. The summed E-state index contributed by atoms with van der Waals surface area (Å²) in [7, 11) is -2.41. The Labute approximate surface area is 233 Å². The summed E-state index contributed by atoms with van der Waals surface area (Å²) < 4.78 is 57.8. The van der Waals surface area contributed by atoms with E-state index in [1.165, 1.54) is 6.07 Å². The molecular formula is C25H28F2N8O3S2. The number of aryl methyl sites for hydroxylation is 1. The predicted molar refractivity (Wildman–Crippen MR) is 143 cm³/mol. The second kappa shape index (κ2) is 9.42. The van der Waals surface area contributed by atoms with Gasteiger partial charge in [-0.25, -0.2) is 17.2 Å². The lowest BCUT2D eigenvalue weighted by atomic mass is 10.1. The molecule has 2 aromatic heterocycles. The number of halogens is 2. The van der Waals surface area contributed by atoms with Crippen LogP contribution in [0.15, 0.2) is 17.0 Å². The Kier molecular flexibility index (Phi) is 6.35. The number of piperazine rings is 1. The molecule has 1 N–H and O–H groups in total. The number of sulfonamides is 1. The molecule has 3 fully saturated rings. The van der Waals surface area contributed by atoms with E-state index in [2.05, 4.69) is 31.0 Å². The van der Waals surface area contributed by atoms with Gasteiger partial charge in [0.05, 0.1) is 22.2 Å². The van der Waals surface area contributed by atoms with Gasteiger partial charge in [0.25, 0.3) is 6.43 Å². The molecule has 1 amide bonds. The lowest BCUT2D eigenvalue weighted by Crippen LogP contribution is -2.57. The number of nitrogens with one attached hydrogen (secondary N) is 1. The number of hydrogen-bond acceptors (Lipinski definition) is 9. The summed E-state index contributed by atoms with van der Waals surface area (Å²) in [6.07, 6.45) is -0.244. The van der Waals surface area contributed by atoms with E-state index in [1.807, 2.05) is 18.7 Å². The van der Waals surface area contributed by atoms with Crippen LogP contribution in [0, 0.1) is 17.2 Å². The Hall–Kier alpha value is -3.22. The molecule has 3 aliphatic rings. The van der Waals surface area contributed by atoms with Gasteiger partial charge >= 0.3 is 0 Å². The Morgan fingerprint density at radius 2 is 1.88 bits per heavy atom. The summed E-state index contributed by atoms with van der Waals surface area (Å²) in [6, 6.07) is 5.05. The number of nitrogens with zero attached hydrogens (tertiary/aromatic N) is 7. The summed E-state index contributed by atoms with van der Waals surface area (Å²) in [5, 5.41) is 21.7. The van der Waals surface area contributed by atoms with E-state index in [0.29, 0.717) is 53.9 Å². The van der Waals surface area contributed by atoms with Crippen LogP contribution < -0.4 is 9.62 Å². The number of benzene rings is 1. The van der Waals surface area contributed by atoms with E-state index in [-0.39, 0.29) is 39.5 Å². The number of anilines is 1. The summed E-state index contributed by atoms with van der Waals surface area (Å²) in [5.41, 5.74) is 0.345. The molecule has 0 radical (unpaired) electrons. The first-order valence-corrected chi connectivity index (χ1v) is 15.4. The Bertz CT molecular complexity index is 1640. The van der Waals surface area contributed by atoms with E-state index in [1.54, 1.807) is 17.8 Å². The maximum atomic E-state index is 13.5. The summed E-state index contributed by atoms with van der Waals surface area (Å²) >= 11 is 0.704. The number of fused-ring (bicyclic) bond motifs is 3. The largest absolute Gasteiger partial charge is 0.366 e. The van der Waals surface area contributed by atoms with Crippen LogP contribution in [0.1, 0.15) is 51.0 Å². The molecule has 2 aliphatic heterocycles. The third-order valence-electron chi connectivity index (χ3n) is 7.90. The van der Waals surface area contributed by atoms with Gasteiger partial charge in [-0.3, -0.25) is 9.48 Å². The predicted octanol–water partition coefficient (Wildman–Crippen LogP) is 3.20. The normalized spacial score (nSPS) is 21.9. The van der Waals surface area contributed by atoms with Crippen molar-refractivity contribution >= 4 is 43.9 Å². The Balaban J connectivity index is 1.48. The highest BCUT2D eigenvalue weighted by Crippen LogP contribution is 2.42. The highest BCUT2D eigenvalue weighted by atomic mass is 32.2. The number of hydrogen-bond donors (Lipinski definition) is 1. The molecule has 4 heterocycles. The van der Waals surface area contributed by atoms with Gasteiger partial charge in [-0.1, -0.05) is 25.2 Å². The second-order valence-electron chi connectivity index (χ2n) is 11.0. The van der Waals surface area contributed by atoms with Gasteiger partial charge in [0.1, 0.15) is 11.2 Å². The van der Waals surface area contributed by atoms with E-state index >= 15 is 0 Å². The first kappa shape index (κ1) is 27.0. The average molecular weight is 591 g/mol. The fraction of sp³-hybridized carbons (Fsp3) is 0.560. The molecule has 3 aromatic rings. The van der Waals surface area contributed by atoms with Crippen molar-refractivity contribution in [3.05, 3.63) is 17.1 Å². The number of carbonyl (C=O) groups excluding carboxylic acids is 1. The number of alkyl halides is 2. The third-order valence-corrected chi connectivity index (χ3v) is 10.4. The van der Waals surface area contributed by atoms with Crippen LogP contribution in [0.3, 0.4) is 0 Å². The second-order valence-corrected chi connectivity index (χ2v) is 13.7. The Morgan fingerprint density at radius 3 is 2.42 bits per heavy atom. The molecule has 1 saturated carbocycles. The molecule has 212 valence electrons. The van der Waals surface area contributed by atoms with Crippen molar-refractivity contribution in [2.45, 2.75) is 68.5 Å². The van der Waals surface area contributed by atoms with Crippen LogP contribution in [0.2, 0.25) is 0 Å². The van der Waals surface area contributed by atoms with Crippen LogP contribution in [0.4, 0.5) is 14.5 Å². The number of rotatable bonds is 7. The quantitative estimate of drug-likeness (QED) is 0.443. The maximum Gasteiger partial charge on any atom is 0.291 e. The highest BCUT2D eigenvalue weighted by Gasteiger charge is 2.47. The van der Waals surface area contributed by atoms with Crippen molar-refractivity contribution in [1.82, 2.24) is 29.6 Å². The minimum absolute atomic E-state index is 0.0140. The molecule has 0 spiro atoms. The smallest absolute Gasteiger partial charge is 0.291 e. The van der Waals surface area contributed by atoms with Gasteiger partial charge in [0, 0.05) is 43.5 Å². The number of carbonyl (C=O) groups is 1. The van der Waals surface area contributed by atoms with Gasteiger partial charge < -0.3 is 9.80 Å². The van der Waals surface area contributed by atoms with Gasteiger partial charge in [-0.05, 0) is 37.8 Å². The van der Waals surface area contributed by atoms with E-state index in [4.69, 9.17) is 0 Å². The van der Waals surface area contributed by atoms with E-state index in [0.717, 1.165) is 12.8 Å². The number of nitriles is 1. The lowest BCUT2D eigenvalue weighted by Gasteiger charge is -2.43. The third kappa shape index (κ3) is 4.42. The zero-order chi connectivity index (χ0) is 28.6. The number of aromatic nitrogens is 4. The van der Waals surface area contributed by atoms with Crippen molar-refractivity contribution in [3.63, 3.8) is 0 Å². The highest BCUT2D eigenvalue weighted by molar-refractivity contribution is 7.89. The van der Waals surface area contributed by atoms with Crippen LogP contribution in [0.5, 0.6) is 0 Å². The van der Waals surface area contributed by atoms with Crippen LogP contribution in [-0.2, 0) is 21.9 Å². The van der Waals surface area contributed by atoms with E-state index < -0.39 is 27.0 Å². The molecule has 2 bridgehead atoms. The Morgan fingerprint density at radius 1 is 1.20 bits per heavy atom. The SMILES string of the molecule is CC(C)C(=O)N1C2CCC1CN(c1cc(S(=O)(=O)NC3(C#N)CC3)cc3c(-c4nnc(C(F)F)s4)nn(C)c13)C2. The standard InChI is InChI=1S/C25H28F2N8O3S2/c1-13(2)24(36)35-14-4-5-15(35)11-34(10-14)18-9-16(40(37,38)32-25(12-28)6-7-25)8-17-19(31-33(3)20(17)18)22-29-30-23(39-22)21(26)27/h8-9,13-15,21,32H,4-7,10-11H2,1-3H3. The average Bonchev–Trinajstić information content (AvgIpc) is 3.22. The van der Waals surface area contributed by atoms with Crippen molar-refractivity contribution < 1.29 is 22.0 Å². The van der Waals surface area contributed by atoms with Crippen molar-refractivity contribution in [3.8, 4) is 16.8 Å². The van der Waals surface area contributed by atoms with Gasteiger partial charge in [-0.15, -0.1) is 10.2 Å².